The topological polar surface area (TPSA) is 39.1 Å². The molecule has 1 heterocycles. The van der Waals surface area contributed by atoms with E-state index in [0.717, 1.165) is 31.8 Å². The summed E-state index contributed by atoms with van der Waals surface area (Å²) >= 11 is 0. The van der Waals surface area contributed by atoms with Gasteiger partial charge in [0.2, 0.25) is 0 Å². The quantitative estimate of drug-likeness (QED) is 0.690. The van der Waals surface area contributed by atoms with Gasteiger partial charge in [-0.05, 0) is 19.9 Å². The number of nitrogens with zero attached hydrogens (tertiary/aromatic N) is 2. The third kappa shape index (κ3) is 4.44. The van der Waals surface area contributed by atoms with E-state index in [-0.39, 0.29) is 0 Å². The Balaban J connectivity index is 2.20. The zero-order chi connectivity index (χ0) is 11.1. The Morgan fingerprint density at radius 1 is 1.47 bits per heavy atom. The first-order valence-corrected chi connectivity index (χ1v) is 5.47. The molecule has 0 bridgehead atoms. The van der Waals surface area contributed by atoms with Crippen molar-refractivity contribution in [3.8, 4) is 0 Å². The molecule has 0 spiro atoms. The van der Waals surface area contributed by atoms with Crippen molar-refractivity contribution in [1.29, 1.82) is 0 Å². The molecule has 0 fully saturated rings. The minimum atomic E-state index is 0.445. The van der Waals surface area contributed by atoms with Crippen LogP contribution in [0.2, 0.25) is 0 Å². The van der Waals surface area contributed by atoms with Crippen LogP contribution in [0.1, 0.15) is 25.6 Å². The Morgan fingerprint density at radius 2 is 2.27 bits per heavy atom. The fourth-order valence-electron chi connectivity index (χ4n) is 1.31. The predicted octanol–water partition coefficient (Wildman–Crippen LogP) is 1.24. The Morgan fingerprint density at radius 3 is 2.87 bits per heavy atom. The molecule has 0 unspecified atom stereocenters. The standard InChI is InChI=1S/C11H21N3O/c1-10(2)14-8-5-11(13-14)4-6-12-7-9-15-3/h5,8,10,12H,4,6-7,9H2,1-3H3. The molecule has 0 saturated heterocycles. The molecule has 0 aliphatic carbocycles. The predicted molar refractivity (Wildman–Crippen MR) is 61.1 cm³/mol. The van der Waals surface area contributed by atoms with Crippen LogP contribution in [-0.2, 0) is 11.2 Å². The molecular formula is C11H21N3O. The molecule has 4 nitrogen and oxygen atoms in total. The third-order valence-electron chi connectivity index (χ3n) is 2.23. The summed E-state index contributed by atoms with van der Waals surface area (Å²) in [6, 6.07) is 2.53. The van der Waals surface area contributed by atoms with Crippen molar-refractivity contribution in [2.45, 2.75) is 26.3 Å². The van der Waals surface area contributed by atoms with Crippen molar-refractivity contribution in [1.82, 2.24) is 15.1 Å². The van der Waals surface area contributed by atoms with E-state index in [4.69, 9.17) is 4.74 Å². The number of ether oxygens (including phenoxy) is 1. The normalized spacial score (nSPS) is 11.2. The van der Waals surface area contributed by atoms with Gasteiger partial charge in [-0.2, -0.15) is 5.10 Å². The van der Waals surface area contributed by atoms with Gasteiger partial charge in [-0.15, -0.1) is 0 Å². The zero-order valence-corrected chi connectivity index (χ0v) is 9.86. The van der Waals surface area contributed by atoms with Gasteiger partial charge in [-0.3, -0.25) is 4.68 Å². The number of hydrogen-bond donors (Lipinski definition) is 1. The maximum Gasteiger partial charge on any atom is 0.0637 e. The van der Waals surface area contributed by atoms with E-state index in [1.807, 2.05) is 10.9 Å². The number of rotatable bonds is 7. The summed E-state index contributed by atoms with van der Waals surface area (Å²) in [5, 5.41) is 7.77. The molecule has 1 aromatic heterocycles. The van der Waals surface area contributed by atoms with E-state index in [1.165, 1.54) is 0 Å². The van der Waals surface area contributed by atoms with Gasteiger partial charge in [0.15, 0.2) is 0 Å². The van der Waals surface area contributed by atoms with Gasteiger partial charge in [-0.1, -0.05) is 0 Å². The van der Waals surface area contributed by atoms with Crippen molar-refractivity contribution >= 4 is 0 Å². The summed E-state index contributed by atoms with van der Waals surface area (Å²) in [6.07, 6.45) is 3.01. The van der Waals surface area contributed by atoms with Crippen molar-refractivity contribution in [3.63, 3.8) is 0 Å². The fraction of sp³-hybridized carbons (Fsp3) is 0.727. The molecule has 0 saturated carbocycles. The van der Waals surface area contributed by atoms with E-state index < -0.39 is 0 Å². The Kier molecular flexibility index (Phi) is 5.36. The smallest absolute Gasteiger partial charge is 0.0637 e. The molecule has 4 heteroatoms. The highest BCUT2D eigenvalue weighted by atomic mass is 16.5. The van der Waals surface area contributed by atoms with Crippen LogP contribution < -0.4 is 5.32 Å². The Hall–Kier alpha value is -0.870. The van der Waals surface area contributed by atoms with Crippen LogP contribution in [0.5, 0.6) is 0 Å². The van der Waals surface area contributed by atoms with Gasteiger partial charge >= 0.3 is 0 Å². The summed E-state index contributed by atoms with van der Waals surface area (Å²) in [6.45, 7) is 6.89. The van der Waals surface area contributed by atoms with Gasteiger partial charge < -0.3 is 10.1 Å². The summed E-state index contributed by atoms with van der Waals surface area (Å²) < 4.78 is 6.94. The van der Waals surface area contributed by atoms with Crippen molar-refractivity contribution < 1.29 is 4.74 Å². The van der Waals surface area contributed by atoms with Crippen LogP contribution in [-0.4, -0.2) is 36.6 Å². The zero-order valence-electron chi connectivity index (χ0n) is 9.86. The van der Waals surface area contributed by atoms with Gasteiger partial charge in [0, 0.05) is 38.9 Å². The molecular weight excluding hydrogens is 190 g/mol. The van der Waals surface area contributed by atoms with Crippen LogP contribution in [0.4, 0.5) is 0 Å². The number of methoxy groups -OCH3 is 1. The van der Waals surface area contributed by atoms with E-state index in [1.54, 1.807) is 7.11 Å². The van der Waals surface area contributed by atoms with Crippen molar-refractivity contribution in [2.75, 3.05) is 26.8 Å². The van der Waals surface area contributed by atoms with Crippen LogP contribution in [0.15, 0.2) is 12.3 Å². The molecule has 0 aromatic carbocycles. The second-order valence-electron chi connectivity index (χ2n) is 3.87. The molecule has 0 atom stereocenters. The molecule has 0 radical (unpaired) electrons. The number of hydrogen-bond acceptors (Lipinski definition) is 3. The fourth-order valence-corrected chi connectivity index (χ4v) is 1.31. The molecule has 1 aromatic rings. The van der Waals surface area contributed by atoms with Crippen LogP contribution in [0.25, 0.3) is 0 Å². The minimum Gasteiger partial charge on any atom is -0.383 e. The van der Waals surface area contributed by atoms with Crippen molar-refractivity contribution in [2.24, 2.45) is 0 Å². The highest BCUT2D eigenvalue weighted by Gasteiger charge is 2.01. The van der Waals surface area contributed by atoms with Crippen LogP contribution in [0, 0.1) is 0 Å². The lowest BCUT2D eigenvalue weighted by molar-refractivity contribution is 0.199. The molecule has 86 valence electrons. The summed E-state index contributed by atoms with van der Waals surface area (Å²) in [4.78, 5) is 0. The highest BCUT2D eigenvalue weighted by molar-refractivity contribution is 4.99. The summed E-state index contributed by atoms with van der Waals surface area (Å²) in [7, 11) is 1.71. The first-order valence-electron chi connectivity index (χ1n) is 5.47. The maximum atomic E-state index is 4.95. The second kappa shape index (κ2) is 6.58. The minimum absolute atomic E-state index is 0.445. The highest BCUT2D eigenvalue weighted by Crippen LogP contribution is 2.03. The summed E-state index contributed by atoms with van der Waals surface area (Å²) in [5.74, 6) is 0. The van der Waals surface area contributed by atoms with E-state index in [9.17, 15) is 0 Å². The van der Waals surface area contributed by atoms with Crippen LogP contribution in [0.3, 0.4) is 0 Å². The second-order valence-corrected chi connectivity index (χ2v) is 3.87. The maximum absolute atomic E-state index is 4.95. The first-order chi connectivity index (χ1) is 7.24. The average molecular weight is 211 g/mol. The van der Waals surface area contributed by atoms with Gasteiger partial charge in [0.25, 0.3) is 0 Å². The van der Waals surface area contributed by atoms with Gasteiger partial charge in [0.1, 0.15) is 0 Å². The third-order valence-corrected chi connectivity index (χ3v) is 2.23. The lowest BCUT2D eigenvalue weighted by Crippen LogP contribution is -2.21. The molecule has 0 amide bonds. The van der Waals surface area contributed by atoms with Gasteiger partial charge in [0.05, 0.1) is 12.3 Å². The lowest BCUT2D eigenvalue weighted by Gasteiger charge is -2.04. The molecule has 0 aliphatic rings. The molecule has 15 heavy (non-hydrogen) atoms. The average Bonchev–Trinajstić information content (AvgIpc) is 2.66. The SMILES string of the molecule is COCCNCCc1ccn(C(C)C)n1. The van der Waals surface area contributed by atoms with Crippen molar-refractivity contribution in [3.05, 3.63) is 18.0 Å². The monoisotopic (exact) mass is 211 g/mol. The lowest BCUT2D eigenvalue weighted by atomic mass is 10.3. The van der Waals surface area contributed by atoms with E-state index in [2.05, 4.69) is 30.3 Å². The molecule has 1 N–H and O–H groups in total. The molecule has 1 rings (SSSR count). The van der Waals surface area contributed by atoms with Gasteiger partial charge in [-0.25, -0.2) is 0 Å². The van der Waals surface area contributed by atoms with Crippen LogP contribution >= 0.6 is 0 Å². The number of nitrogens with one attached hydrogen (secondary N) is 1. The number of aromatic nitrogens is 2. The molecule has 0 aliphatic heterocycles. The van der Waals surface area contributed by atoms with E-state index >= 15 is 0 Å². The first kappa shape index (κ1) is 12.2. The van der Waals surface area contributed by atoms with E-state index in [0.29, 0.717) is 6.04 Å². The Labute approximate surface area is 91.6 Å². The largest absolute Gasteiger partial charge is 0.383 e. The Bertz CT molecular complexity index is 271. The summed E-state index contributed by atoms with van der Waals surface area (Å²) in [5.41, 5.74) is 1.15.